The number of nitrogens with one attached hydrogen (secondary N) is 2. The Hall–Kier alpha value is -3.80. The highest BCUT2D eigenvalue weighted by Crippen LogP contribution is 2.38. The van der Waals surface area contributed by atoms with Gasteiger partial charge in [0, 0.05) is 29.8 Å². The summed E-state index contributed by atoms with van der Waals surface area (Å²) in [6.45, 7) is 8.74. The van der Waals surface area contributed by atoms with E-state index in [-0.39, 0.29) is 12.0 Å². The summed E-state index contributed by atoms with van der Waals surface area (Å²) < 4.78 is 11.6. The molecule has 3 rings (SSSR count). The van der Waals surface area contributed by atoms with Crippen LogP contribution in [0.5, 0.6) is 11.5 Å². The monoisotopic (exact) mass is 535 g/mol. The number of likely N-dealkylation sites (N-methyl/N-ethyl adjacent to an activating group) is 1. The van der Waals surface area contributed by atoms with E-state index in [1.165, 1.54) is 6.08 Å². The molecular formula is C29H34ClN5O3. The molecule has 0 atom stereocenters. The third-order valence-electron chi connectivity index (χ3n) is 5.47. The standard InChI is InChI=1S/C29H34ClN5O3/c1-7-23-21(17-31)29(32-19-11-12-26(22(30)14-19)38-18(3)4)20-15-25(27(37-8-2)16-24(20)33-23)34-28(36)10-9-13-35(5)6/h9-12,14-16,18H,7-8,13H2,1-6H3,(H,32,33)(H,34,36)/b10-9+. The SMILES string of the molecule is CCOc1cc2nc(CC)c(C#N)c(Nc3ccc(OC(C)C)c(Cl)c3)c2cc1NC(=O)/C=C/CN(C)C. The fraction of sp³-hybridized carbons (Fsp3) is 0.345. The lowest BCUT2D eigenvalue weighted by atomic mass is 10.0. The van der Waals surface area contributed by atoms with E-state index in [4.69, 9.17) is 26.1 Å². The van der Waals surface area contributed by atoms with Gasteiger partial charge in [-0.2, -0.15) is 5.26 Å². The Labute approximate surface area is 229 Å². The largest absolute Gasteiger partial charge is 0.492 e. The number of carbonyl (C=O) groups is 1. The van der Waals surface area contributed by atoms with E-state index in [0.29, 0.717) is 75.3 Å². The first-order valence-electron chi connectivity index (χ1n) is 12.6. The zero-order chi connectivity index (χ0) is 27.8. The van der Waals surface area contributed by atoms with Gasteiger partial charge in [0.2, 0.25) is 5.91 Å². The molecule has 0 bridgehead atoms. The van der Waals surface area contributed by atoms with Gasteiger partial charge in [0.25, 0.3) is 0 Å². The molecule has 0 saturated carbocycles. The van der Waals surface area contributed by atoms with Crippen LogP contribution in [0.3, 0.4) is 0 Å². The highest BCUT2D eigenvalue weighted by atomic mass is 35.5. The van der Waals surface area contributed by atoms with Gasteiger partial charge in [-0.1, -0.05) is 24.6 Å². The quantitative estimate of drug-likeness (QED) is 0.277. The van der Waals surface area contributed by atoms with E-state index in [1.807, 2.05) is 52.8 Å². The molecule has 200 valence electrons. The Kier molecular flexibility index (Phi) is 9.94. The van der Waals surface area contributed by atoms with Crippen LogP contribution in [-0.2, 0) is 11.2 Å². The van der Waals surface area contributed by atoms with Crippen molar-refractivity contribution in [2.24, 2.45) is 0 Å². The molecule has 1 amide bonds. The Morgan fingerprint density at radius 3 is 2.58 bits per heavy atom. The second kappa shape index (κ2) is 13.1. The molecule has 0 aliphatic rings. The van der Waals surface area contributed by atoms with Crippen LogP contribution in [-0.4, -0.2) is 49.1 Å². The van der Waals surface area contributed by atoms with Crippen LogP contribution in [0.4, 0.5) is 17.1 Å². The van der Waals surface area contributed by atoms with Crippen molar-refractivity contribution >= 4 is 45.5 Å². The number of anilines is 3. The molecule has 2 N–H and O–H groups in total. The maximum Gasteiger partial charge on any atom is 0.248 e. The molecule has 0 unspecified atom stereocenters. The van der Waals surface area contributed by atoms with Crippen molar-refractivity contribution in [3.63, 3.8) is 0 Å². The Morgan fingerprint density at radius 2 is 1.97 bits per heavy atom. The zero-order valence-corrected chi connectivity index (χ0v) is 23.4. The summed E-state index contributed by atoms with van der Waals surface area (Å²) in [6, 6.07) is 11.3. The fourth-order valence-electron chi connectivity index (χ4n) is 3.84. The van der Waals surface area contributed by atoms with Crippen LogP contribution in [0.15, 0.2) is 42.5 Å². The maximum absolute atomic E-state index is 12.6. The van der Waals surface area contributed by atoms with Crippen molar-refractivity contribution in [2.45, 2.75) is 40.2 Å². The molecule has 0 spiro atoms. The topological polar surface area (TPSA) is 99.5 Å². The lowest BCUT2D eigenvalue weighted by molar-refractivity contribution is -0.111. The summed E-state index contributed by atoms with van der Waals surface area (Å²) in [5.41, 5.74) is 3.45. The molecule has 1 heterocycles. The summed E-state index contributed by atoms with van der Waals surface area (Å²) in [7, 11) is 3.85. The molecule has 1 aromatic heterocycles. The molecule has 0 aliphatic heterocycles. The molecule has 3 aromatic rings. The number of hydrogen-bond donors (Lipinski definition) is 2. The predicted molar refractivity (Wildman–Crippen MR) is 154 cm³/mol. The first-order chi connectivity index (χ1) is 18.2. The number of nitriles is 1. The summed E-state index contributed by atoms with van der Waals surface area (Å²) >= 11 is 6.47. The van der Waals surface area contributed by atoms with Gasteiger partial charge in [-0.25, -0.2) is 0 Å². The highest BCUT2D eigenvalue weighted by molar-refractivity contribution is 6.32. The average molecular weight is 536 g/mol. The van der Waals surface area contributed by atoms with Gasteiger partial charge in [0.1, 0.15) is 17.6 Å². The van der Waals surface area contributed by atoms with Crippen LogP contribution in [0.2, 0.25) is 5.02 Å². The number of carbonyl (C=O) groups excluding carboxylic acids is 1. The number of nitrogens with zero attached hydrogens (tertiary/aromatic N) is 3. The minimum absolute atomic E-state index is 0.0151. The van der Waals surface area contributed by atoms with Crippen molar-refractivity contribution in [1.29, 1.82) is 5.26 Å². The van der Waals surface area contributed by atoms with Gasteiger partial charge in [0.05, 0.1) is 45.9 Å². The molecule has 8 nitrogen and oxygen atoms in total. The number of pyridine rings is 1. The van der Waals surface area contributed by atoms with Crippen LogP contribution in [0.25, 0.3) is 10.9 Å². The number of amides is 1. The average Bonchev–Trinajstić information content (AvgIpc) is 2.85. The van der Waals surface area contributed by atoms with Crippen LogP contribution < -0.4 is 20.1 Å². The zero-order valence-electron chi connectivity index (χ0n) is 22.7. The van der Waals surface area contributed by atoms with Crippen molar-refractivity contribution in [2.75, 3.05) is 37.9 Å². The smallest absolute Gasteiger partial charge is 0.248 e. The van der Waals surface area contributed by atoms with Crippen LogP contribution >= 0.6 is 11.6 Å². The fourth-order valence-corrected chi connectivity index (χ4v) is 4.06. The van der Waals surface area contributed by atoms with E-state index in [1.54, 1.807) is 30.3 Å². The highest BCUT2D eigenvalue weighted by Gasteiger charge is 2.19. The lowest BCUT2D eigenvalue weighted by Crippen LogP contribution is -2.13. The maximum atomic E-state index is 12.6. The van der Waals surface area contributed by atoms with E-state index in [2.05, 4.69) is 16.7 Å². The van der Waals surface area contributed by atoms with Gasteiger partial charge >= 0.3 is 0 Å². The molecule has 0 aliphatic carbocycles. The van der Waals surface area contributed by atoms with Gasteiger partial charge in [0.15, 0.2) is 0 Å². The van der Waals surface area contributed by atoms with Crippen molar-refractivity contribution < 1.29 is 14.3 Å². The van der Waals surface area contributed by atoms with Gasteiger partial charge in [-0.3, -0.25) is 9.78 Å². The normalized spacial score (nSPS) is 11.3. The molecule has 38 heavy (non-hydrogen) atoms. The Bertz CT molecular complexity index is 1380. The molecule has 0 saturated heterocycles. The van der Waals surface area contributed by atoms with Crippen LogP contribution in [0, 0.1) is 11.3 Å². The number of rotatable bonds is 11. The second-order valence-electron chi connectivity index (χ2n) is 9.16. The first-order valence-corrected chi connectivity index (χ1v) is 12.9. The number of benzene rings is 2. The number of halogens is 1. The molecular weight excluding hydrogens is 502 g/mol. The van der Waals surface area contributed by atoms with E-state index >= 15 is 0 Å². The number of aryl methyl sites for hydroxylation is 1. The molecule has 2 aromatic carbocycles. The van der Waals surface area contributed by atoms with Crippen molar-refractivity contribution in [1.82, 2.24) is 9.88 Å². The first kappa shape index (κ1) is 28.8. The second-order valence-corrected chi connectivity index (χ2v) is 9.57. The summed E-state index contributed by atoms with van der Waals surface area (Å²) in [4.78, 5) is 19.3. The summed E-state index contributed by atoms with van der Waals surface area (Å²) in [6.07, 6.45) is 3.82. The molecule has 9 heteroatoms. The van der Waals surface area contributed by atoms with E-state index in [0.717, 1.165) is 0 Å². The third-order valence-corrected chi connectivity index (χ3v) is 5.76. The van der Waals surface area contributed by atoms with Crippen molar-refractivity contribution in [3.8, 4) is 17.6 Å². The van der Waals surface area contributed by atoms with Gasteiger partial charge < -0.3 is 25.0 Å². The predicted octanol–water partition coefficient (Wildman–Crippen LogP) is 6.31. The van der Waals surface area contributed by atoms with Crippen LogP contribution in [0.1, 0.15) is 39.0 Å². The van der Waals surface area contributed by atoms with Gasteiger partial charge in [-0.05, 0) is 65.6 Å². The Morgan fingerprint density at radius 1 is 1.21 bits per heavy atom. The Balaban J connectivity index is 2.13. The van der Waals surface area contributed by atoms with Gasteiger partial charge in [-0.15, -0.1) is 0 Å². The number of hydrogen-bond acceptors (Lipinski definition) is 7. The summed E-state index contributed by atoms with van der Waals surface area (Å²) in [5, 5.41) is 17.5. The number of aromatic nitrogens is 1. The lowest BCUT2D eigenvalue weighted by Gasteiger charge is -2.18. The number of ether oxygens (including phenoxy) is 2. The number of fused-ring (bicyclic) bond motifs is 1. The van der Waals surface area contributed by atoms with Crippen molar-refractivity contribution in [3.05, 3.63) is 58.8 Å². The minimum atomic E-state index is -0.284. The van der Waals surface area contributed by atoms with E-state index in [9.17, 15) is 10.1 Å². The molecule has 0 fully saturated rings. The summed E-state index contributed by atoms with van der Waals surface area (Å²) in [5.74, 6) is 0.792. The van der Waals surface area contributed by atoms with E-state index < -0.39 is 0 Å². The third kappa shape index (κ3) is 7.15. The minimum Gasteiger partial charge on any atom is -0.492 e. The molecule has 0 radical (unpaired) electrons.